The molecule has 2 aromatic rings. The Balaban J connectivity index is 1.84. The predicted octanol–water partition coefficient (Wildman–Crippen LogP) is 7.21. The second-order valence-corrected chi connectivity index (χ2v) is 12.5. The Morgan fingerprint density at radius 3 is 2.26 bits per heavy atom. The molecule has 5 atom stereocenters. The van der Waals surface area contributed by atoms with Crippen LogP contribution in [0.3, 0.4) is 0 Å². The first-order chi connectivity index (χ1) is 18.4. The van der Waals surface area contributed by atoms with Gasteiger partial charge in [0.2, 0.25) is 0 Å². The largest absolute Gasteiger partial charge is 0.461 e. The van der Waals surface area contributed by atoms with Gasteiger partial charge in [-0.2, -0.15) is 0 Å². The Bertz CT molecular complexity index is 1100. The zero-order chi connectivity index (χ0) is 28.8. The third-order valence-corrected chi connectivity index (χ3v) is 8.13. The monoisotopic (exact) mass is 533 g/mol. The highest BCUT2D eigenvalue weighted by atomic mass is 16.6. The lowest BCUT2D eigenvalue weighted by molar-refractivity contribution is -0.168. The van der Waals surface area contributed by atoms with Crippen molar-refractivity contribution in [2.75, 3.05) is 14.1 Å². The minimum absolute atomic E-state index is 0.143. The molecule has 5 heteroatoms. The molecule has 1 aliphatic rings. The molecule has 3 rings (SSSR count). The van der Waals surface area contributed by atoms with Crippen LogP contribution in [0.2, 0.25) is 0 Å². The highest BCUT2D eigenvalue weighted by molar-refractivity contribution is 5.89. The number of benzene rings is 2. The lowest BCUT2D eigenvalue weighted by Gasteiger charge is -2.42. The quantitative estimate of drug-likeness (QED) is 0.239. The summed E-state index contributed by atoms with van der Waals surface area (Å²) in [5.74, 6) is 0.501. The molecule has 2 unspecified atom stereocenters. The minimum atomic E-state index is -0.906. The molecule has 0 aromatic heterocycles. The number of likely N-dealkylation sites (N-methyl/N-ethyl adjacent to an activating group) is 1. The summed E-state index contributed by atoms with van der Waals surface area (Å²) in [5, 5.41) is 0. The van der Waals surface area contributed by atoms with Crippen LogP contribution < -0.4 is 0 Å². The average Bonchev–Trinajstić information content (AvgIpc) is 2.88. The van der Waals surface area contributed by atoms with Gasteiger partial charge in [0.25, 0.3) is 0 Å². The maximum absolute atomic E-state index is 14.1. The number of carbonyl (C=O) groups excluding carboxylic acids is 2. The van der Waals surface area contributed by atoms with Crippen LogP contribution in [0.4, 0.5) is 0 Å². The van der Waals surface area contributed by atoms with E-state index in [0.717, 1.165) is 24.8 Å². The Morgan fingerprint density at radius 1 is 1.05 bits per heavy atom. The molecule has 39 heavy (non-hydrogen) atoms. The van der Waals surface area contributed by atoms with E-state index in [0.29, 0.717) is 30.2 Å². The van der Waals surface area contributed by atoms with Gasteiger partial charge in [-0.15, -0.1) is 6.58 Å². The number of nitrogens with zero attached hydrogens (tertiary/aromatic N) is 1. The van der Waals surface area contributed by atoms with Crippen LogP contribution in [0, 0.1) is 11.8 Å². The lowest BCUT2D eigenvalue weighted by atomic mass is 9.72. The molecular formula is C34H47NO4. The first-order valence-corrected chi connectivity index (χ1v) is 14.2. The number of hydrogen-bond acceptors (Lipinski definition) is 5. The molecule has 0 radical (unpaired) electrons. The summed E-state index contributed by atoms with van der Waals surface area (Å²) in [6.07, 6.45) is 5.60. The molecule has 212 valence electrons. The third-order valence-electron chi connectivity index (χ3n) is 8.13. The summed E-state index contributed by atoms with van der Waals surface area (Å²) in [6, 6.07) is 17.9. The van der Waals surface area contributed by atoms with Gasteiger partial charge in [0.05, 0.1) is 5.56 Å². The van der Waals surface area contributed by atoms with Gasteiger partial charge in [0.1, 0.15) is 17.2 Å². The minimum Gasteiger partial charge on any atom is -0.461 e. The summed E-state index contributed by atoms with van der Waals surface area (Å²) >= 11 is 0. The van der Waals surface area contributed by atoms with E-state index in [9.17, 15) is 9.59 Å². The van der Waals surface area contributed by atoms with E-state index in [1.807, 2.05) is 58.0 Å². The molecule has 2 aromatic carbocycles. The average molecular weight is 534 g/mol. The van der Waals surface area contributed by atoms with Crippen molar-refractivity contribution in [1.82, 2.24) is 4.90 Å². The second kappa shape index (κ2) is 13.0. The van der Waals surface area contributed by atoms with Crippen molar-refractivity contribution in [3.8, 4) is 0 Å². The van der Waals surface area contributed by atoms with Crippen molar-refractivity contribution < 1.29 is 19.1 Å². The summed E-state index contributed by atoms with van der Waals surface area (Å²) in [6.45, 7) is 14.0. The van der Waals surface area contributed by atoms with Gasteiger partial charge < -0.3 is 9.47 Å². The van der Waals surface area contributed by atoms with E-state index < -0.39 is 11.1 Å². The van der Waals surface area contributed by atoms with Crippen LogP contribution in [0.1, 0.15) is 87.7 Å². The number of carbonyl (C=O) groups is 2. The fourth-order valence-corrected chi connectivity index (χ4v) is 5.73. The molecule has 0 saturated heterocycles. The highest BCUT2D eigenvalue weighted by Crippen LogP contribution is 2.41. The Hall–Kier alpha value is -2.92. The van der Waals surface area contributed by atoms with Gasteiger partial charge in [0.15, 0.2) is 0 Å². The van der Waals surface area contributed by atoms with Crippen molar-refractivity contribution in [2.45, 2.75) is 89.9 Å². The van der Waals surface area contributed by atoms with Crippen LogP contribution in [0.15, 0.2) is 67.3 Å². The summed E-state index contributed by atoms with van der Waals surface area (Å²) < 4.78 is 12.0. The maximum atomic E-state index is 14.1. The molecule has 1 aliphatic carbocycles. The first-order valence-electron chi connectivity index (χ1n) is 14.2. The van der Waals surface area contributed by atoms with Crippen LogP contribution in [-0.4, -0.2) is 48.2 Å². The van der Waals surface area contributed by atoms with Crippen molar-refractivity contribution >= 4 is 11.9 Å². The van der Waals surface area contributed by atoms with Crippen molar-refractivity contribution in [1.29, 1.82) is 0 Å². The predicted molar refractivity (Wildman–Crippen MR) is 158 cm³/mol. The van der Waals surface area contributed by atoms with E-state index in [1.165, 1.54) is 5.56 Å². The molecule has 0 N–H and O–H groups in total. The smallest absolute Gasteiger partial charge is 0.338 e. The third kappa shape index (κ3) is 7.82. The fourth-order valence-electron chi connectivity index (χ4n) is 5.73. The van der Waals surface area contributed by atoms with Gasteiger partial charge in [-0.3, -0.25) is 9.69 Å². The zero-order valence-corrected chi connectivity index (χ0v) is 24.9. The first kappa shape index (κ1) is 30.6. The normalized spacial score (nSPS) is 22.0. The van der Waals surface area contributed by atoms with Crippen LogP contribution in [0.25, 0.3) is 0 Å². The molecule has 0 aliphatic heterocycles. The van der Waals surface area contributed by atoms with Gasteiger partial charge in [-0.1, -0.05) is 68.8 Å². The SMILES string of the molecule is C=CCC(Cc1ccc(C(=O)OC(C)(C)C)cc1)(C(=O)O[C@@H]1C[C@H](C)CC[C@H]1C(C)c1ccccc1)N(C)C. The standard InChI is InChI=1S/C34H47NO4/c1-9-21-34(35(7)8,23-26-16-18-28(19-17-26)31(36)39-33(4,5)6)32(37)38-30-22-24(2)15-20-29(30)25(3)27-13-11-10-12-14-27/h9-14,16-19,24-25,29-30H,1,15,20-23H2,2-8H3/t24-,25?,29+,30-,34?/m1/s1. The van der Waals surface area contributed by atoms with E-state index in [2.05, 4.69) is 44.7 Å². The molecule has 0 heterocycles. The molecule has 1 saturated carbocycles. The molecule has 0 bridgehead atoms. The van der Waals surface area contributed by atoms with Crippen LogP contribution in [0.5, 0.6) is 0 Å². The molecular weight excluding hydrogens is 486 g/mol. The fraction of sp³-hybridized carbons (Fsp3) is 0.529. The van der Waals surface area contributed by atoms with Crippen molar-refractivity contribution in [3.63, 3.8) is 0 Å². The van der Waals surface area contributed by atoms with Gasteiger partial charge in [0, 0.05) is 12.3 Å². The highest BCUT2D eigenvalue weighted by Gasteiger charge is 2.45. The van der Waals surface area contributed by atoms with E-state index >= 15 is 0 Å². The van der Waals surface area contributed by atoms with E-state index in [1.54, 1.807) is 18.2 Å². The molecule has 1 fully saturated rings. The Labute approximate surface area is 235 Å². The zero-order valence-electron chi connectivity index (χ0n) is 24.9. The number of esters is 2. The molecule has 5 nitrogen and oxygen atoms in total. The lowest BCUT2D eigenvalue weighted by Crippen LogP contribution is -2.55. The number of rotatable bonds is 10. The Morgan fingerprint density at radius 2 is 1.69 bits per heavy atom. The van der Waals surface area contributed by atoms with E-state index in [4.69, 9.17) is 9.47 Å². The van der Waals surface area contributed by atoms with Crippen molar-refractivity contribution in [2.24, 2.45) is 11.8 Å². The van der Waals surface area contributed by atoms with Gasteiger partial charge in [-0.05, 0) is 89.2 Å². The van der Waals surface area contributed by atoms with Crippen LogP contribution >= 0.6 is 0 Å². The van der Waals surface area contributed by atoms with E-state index in [-0.39, 0.29) is 24.0 Å². The summed E-state index contributed by atoms with van der Waals surface area (Å²) in [7, 11) is 3.85. The summed E-state index contributed by atoms with van der Waals surface area (Å²) in [4.78, 5) is 28.6. The van der Waals surface area contributed by atoms with Gasteiger partial charge >= 0.3 is 11.9 Å². The van der Waals surface area contributed by atoms with Crippen LogP contribution in [-0.2, 0) is 20.7 Å². The number of ether oxygens (including phenoxy) is 2. The number of hydrogen-bond donors (Lipinski definition) is 0. The molecule has 0 spiro atoms. The second-order valence-electron chi connectivity index (χ2n) is 12.5. The summed E-state index contributed by atoms with van der Waals surface area (Å²) in [5.41, 5.74) is 1.26. The Kier molecular flexibility index (Phi) is 10.2. The maximum Gasteiger partial charge on any atom is 0.338 e. The topological polar surface area (TPSA) is 55.8 Å². The van der Waals surface area contributed by atoms with Gasteiger partial charge in [-0.25, -0.2) is 4.79 Å². The van der Waals surface area contributed by atoms with Crippen molar-refractivity contribution in [3.05, 3.63) is 83.9 Å². The molecule has 0 amide bonds.